The number of hydrogen-bond acceptors (Lipinski definition) is 8. The molecule has 4 aromatic heterocycles. The quantitative estimate of drug-likeness (QED) is 0.168. The molecule has 5 aromatic rings. The highest BCUT2D eigenvalue weighted by molar-refractivity contribution is 6.03. The van der Waals surface area contributed by atoms with Crippen molar-refractivity contribution in [3.8, 4) is 0 Å². The highest BCUT2D eigenvalue weighted by Crippen LogP contribution is 2.38. The highest BCUT2D eigenvalue weighted by atomic mass is 19.4. The minimum Gasteiger partial charge on any atom is -0.305 e. The number of pyridine rings is 2. The standard InChI is InChI=1S/C38H39F4N9O4/c1-48-34-25(4-2-6-29(34)51(37(48)55)30-12-13-33(52)46-36(30)54)24-14-15-49(20-26(24)39)18-21-8-10-23(11-9-21)50-19-22-16-32(43-17-28(22)47-50)45-35(53)27-5-3-7-31(44-27)38(40,41)42/h2-7,16-17,19,21,23-24,26,30H,8-15,18,20H2,1H3,(H,45,53)(H,46,52,54)/t21?,23?,24-,26+,30?/m1/s1. The molecule has 13 nitrogen and oxygen atoms in total. The molecule has 288 valence electrons. The van der Waals surface area contributed by atoms with E-state index in [4.69, 9.17) is 5.10 Å². The van der Waals surface area contributed by atoms with Crippen molar-refractivity contribution < 1.29 is 31.9 Å². The van der Waals surface area contributed by atoms with Gasteiger partial charge in [-0.3, -0.25) is 33.5 Å². The molecule has 0 radical (unpaired) electrons. The largest absolute Gasteiger partial charge is 0.433 e. The van der Waals surface area contributed by atoms with Gasteiger partial charge in [-0.15, -0.1) is 0 Å². The first-order valence-corrected chi connectivity index (χ1v) is 18.4. The van der Waals surface area contributed by atoms with E-state index in [1.807, 2.05) is 16.9 Å². The summed E-state index contributed by atoms with van der Waals surface area (Å²) in [4.78, 5) is 60.3. The van der Waals surface area contributed by atoms with Gasteiger partial charge >= 0.3 is 11.9 Å². The number of carbonyl (C=O) groups is 3. The van der Waals surface area contributed by atoms with Gasteiger partial charge in [-0.1, -0.05) is 18.2 Å². The molecule has 1 aliphatic carbocycles. The summed E-state index contributed by atoms with van der Waals surface area (Å²) in [6.07, 6.45) is 2.18. The van der Waals surface area contributed by atoms with Gasteiger partial charge in [-0.05, 0) is 80.8 Å². The maximum Gasteiger partial charge on any atom is 0.433 e. The second kappa shape index (κ2) is 14.3. The number of aryl methyl sites for hydroxylation is 1. The van der Waals surface area contributed by atoms with Crippen molar-refractivity contribution in [1.29, 1.82) is 0 Å². The lowest BCUT2D eigenvalue weighted by molar-refractivity contribution is -0.141. The predicted molar refractivity (Wildman–Crippen MR) is 193 cm³/mol. The lowest BCUT2D eigenvalue weighted by Crippen LogP contribution is -2.44. The number of nitrogens with zero attached hydrogens (tertiary/aromatic N) is 7. The molecule has 17 heteroatoms. The van der Waals surface area contributed by atoms with Crippen molar-refractivity contribution in [2.24, 2.45) is 13.0 Å². The number of nitrogens with one attached hydrogen (secondary N) is 2. The summed E-state index contributed by atoms with van der Waals surface area (Å²) < 4.78 is 60.1. The zero-order valence-corrected chi connectivity index (χ0v) is 29.9. The van der Waals surface area contributed by atoms with Crippen LogP contribution >= 0.6 is 0 Å². The van der Waals surface area contributed by atoms with Crippen LogP contribution in [0, 0.1) is 5.92 Å². The van der Waals surface area contributed by atoms with Crippen molar-refractivity contribution in [1.82, 2.24) is 39.1 Å². The van der Waals surface area contributed by atoms with Crippen LogP contribution in [0.3, 0.4) is 0 Å². The number of para-hydroxylation sites is 1. The fourth-order valence-corrected chi connectivity index (χ4v) is 8.54. The van der Waals surface area contributed by atoms with E-state index in [-0.39, 0.29) is 48.5 Å². The lowest BCUT2D eigenvalue weighted by Gasteiger charge is -2.38. The van der Waals surface area contributed by atoms with Gasteiger partial charge in [0.15, 0.2) is 0 Å². The number of likely N-dealkylation sites (tertiary alicyclic amines) is 1. The first-order chi connectivity index (χ1) is 26.3. The van der Waals surface area contributed by atoms with E-state index in [2.05, 4.69) is 25.5 Å². The second-order valence-electron chi connectivity index (χ2n) is 14.8. The summed E-state index contributed by atoms with van der Waals surface area (Å²) in [6, 6.07) is 9.54. The number of carbonyl (C=O) groups excluding carboxylic acids is 3. The molecule has 6 heterocycles. The number of fused-ring (bicyclic) bond motifs is 2. The van der Waals surface area contributed by atoms with Crippen molar-refractivity contribution in [3.05, 3.63) is 82.3 Å². The van der Waals surface area contributed by atoms with Crippen LogP contribution in [0.1, 0.15) is 84.7 Å². The Bertz CT molecular complexity index is 2360. The molecule has 3 amide bonds. The Morgan fingerprint density at radius 2 is 1.80 bits per heavy atom. The summed E-state index contributed by atoms with van der Waals surface area (Å²) in [5.41, 5.74) is 0.650. The molecular formula is C38H39F4N9O4. The molecule has 2 N–H and O–H groups in total. The van der Waals surface area contributed by atoms with Crippen molar-refractivity contribution in [2.45, 2.75) is 75.3 Å². The van der Waals surface area contributed by atoms with Gasteiger partial charge < -0.3 is 10.2 Å². The van der Waals surface area contributed by atoms with E-state index in [0.717, 1.165) is 55.3 Å². The van der Waals surface area contributed by atoms with Crippen molar-refractivity contribution in [3.63, 3.8) is 0 Å². The monoisotopic (exact) mass is 761 g/mol. The number of imide groups is 1. The Hall–Kier alpha value is -5.45. The molecule has 2 saturated heterocycles. The number of piperidine rings is 2. The van der Waals surface area contributed by atoms with E-state index in [1.165, 1.54) is 21.4 Å². The van der Waals surface area contributed by atoms with Gasteiger partial charge in [-0.2, -0.15) is 18.3 Å². The van der Waals surface area contributed by atoms with Gasteiger partial charge in [0.2, 0.25) is 11.8 Å². The molecule has 55 heavy (non-hydrogen) atoms. The first kappa shape index (κ1) is 36.5. The predicted octanol–water partition coefficient (Wildman–Crippen LogP) is 5.29. The van der Waals surface area contributed by atoms with Gasteiger partial charge in [0.25, 0.3) is 5.91 Å². The molecule has 3 fully saturated rings. The molecule has 1 unspecified atom stereocenters. The number of imidazole rings is 1. The minimum atomic E-state index is -4.67. The minimum absolute atomic E-state index is 0.143. The Kier molecular flexibility index (Phi) is 9.51. The fourth-order valence-electron chi connectivity index (χ4n) is 8.54. The first-order valence-electron chi connectivity index (χ1n) is 18.4. The van der Waals surface area contributed by atoms with Crippen LogP contribution in [-0.4, -0.2) is 77.3 Å². The molecule has 3 atom stereocenters. The van der Waals surface area contributed by atoms with Gasteiger partial charge in [0.1, 0.15) is 34.9 Å². The van der Waals surface area contributed by atoms with E-state index in [0.29, 0.717) is 35.4 Å². The van der Waals surface area contributed by atoms with Gasteiger partial charge in [0, 0.05) is 44.1 Å². The van der Waals surface area contributed by atoms with Crippen LogP contribution < -0.4 is 16.3 Å². The zero-order chi connectivity index (χ0) is 38.6. The van der Waals surface area contributed by atoms with Crippen molar-refractivity contribution >= 4 is 45.5 Å². The number of anilines is 1. The number of halogens is 4. The third-order valence-corrected chi connectivity index (χ3v) is 11.3. The fraction of sp³-hybridized carbons (Fsp3) is 0.447. The molecule has 0 spiro atoms. The van der Waals surface area contributed by atoms with Gasteiger partial charge in [-0.25, -0.2) is 19.2 Å². The molecular weight excluding hydrogens is 722 g/mol. The maximum atomic E-state index is 16.1. The smallest absolute Gasteiger partial charge is 0.305 e. The van der Waals surface area contributed by atoms with E-state index < -0.39 is 41.8 Å². The summed E-state index contributed by atoms with van der Waals surface area (Å²) in [7, 11) is 1.64. The number of aromatic nitrogens is 6. The van der Waals surface area contributed by atoms with Crippen LogP contribution in [0.2, 0.25) is 0 Å². The molecule has 8 rings (SSSR count). The Balaban J connectivity index is 0.872. The summed E-state index contributed by atoms with van der Waals surface area (Å²) in [5.74, 6) is -1.52. The van der Waals surface area contributed by atoms with Crippen LogP contribution in [0.5, 0.6) is 0 Å². The average Bonchev–Trinajstić information content (AvgIpc) is 3.69. The zero-order valence-electron chi connectivity index (χ0n) is 29.9. The van der Waals surface area contributed by atoms with E-state index in [9.17, 15) is 32.3 Å². The summed E-state index contributed by atoms with van der Waals surface area (Å²) in [5, 5.41) is 10.3. The van der Waals surface area contributed by atoms with Gasteiger partial charge in [0.05, 0.1) is 23.3 Å². The summed E-state index contributed by atoms with van der Waals surface area (Å²) >= 11 is 0. The topological polar surface area (TPSA) is 149 Å². The van der Waals surface area contributed by atoms with Crippen LogP contribution in [0.15, 0.2) is 59.7 Å². The van der Waals surface area contributed by atoms with Crippen LogP contribution in [0.25, 0.3) is 21.9 Å². The number of alkyl halides is 4. The molecule has 1 aromatic carbocycles. The summed E-state index contributed by atoms with van der Waals surface area (Å²) in [6.45, 7) is 1.77. The third-order valence-electron chi connectivity index (χ3n) is 11.3. The Morgan fingerprint density at radius 3 is 2.55 bits per heavy atom. The number of hydrogen-bond donors (Lipinski definition) is 2. The normalized spacial score (nSPS) is 24.0. The average molecular weight is 762 g/mol. The Labute approximate surface area is 311 Å². The second-order valence-corrected chi connectivity index (χ2v) is 14.8. The number of amides is 3. The third kappa shape index (κ3) is 7.12. The number of rotatable bonds is 7. The maximum absolute atomic E-state index is 16.1. The molecule has 0 bridgehead atoms. The molecule has 2 aliphatic heterocycles. The SMILES string of the molecule is Cn1c(=O)n(C2CCC(=O)NC2=O)c2cccc([C@H]3CCN(CC4CCC(n5cc6cc(NC(=O)c7cccc(C(F)(F)F)n7)ncc6n5)CC4)C[C@@H]3F)c21. The van der Waals surface area contributed by atoms with Crippen LogP contribution in [0.4, 0.5) is 23.4 Å². The van der Waals surface area contributed by atoms with E-state index >= 15 is 4.39 Å². The van der Waals surface area contributed by atoms with E-state index in [1.54, 1.807) is 25.2 Å². The molecule has 1 saturated carbocycles. The highest BCUT2D eigenvalue weighted by Gasteiger charge is 2.37. The van der Waals surface area contributed by atoms with Crippen LogP contribution in [-0.2, 0) is 22.8 Å². The number of benzene rings is 1. The van der Waals surface area contributed by atoms with Crippen molar-refractivity contribution in [2.75, 3.05) is 25.0 Å². The lowest BCUT2D eigenvalue weighted by atomic mass is 9.83. The Morgan fingerprint density at radius 1 is 1.02 bits per heavy atom. The molecule has 3 aliphatic rings.